The highest BCUT2D eigenvalue weighted by atomic mass is 16.3. The minimum Gasteiger partial charge on any atom is -0.463 e. The Morgan fingerprint density at radius 1 is 1.39 bits per heavy atom. The van der Waals surface area contributed by atoms with Crippen LogP contribution in [0.2, 0.25) is 0 Å². The summed E-state index contributed by atoms with van der Waals surface area (Å²) < 4.78 is 5.89. The maximum Gasteiger partial charge on any atom is 0.120 e. The first kappa shape index (κ1) is 15.3. The molecule has 1 rings (SSSR count). The molecule has 0 saturated carbocycles. The summed E-state index contributed by atoms with van der Waals surface area (Å²) in [5.74, 6) is 2.91. The van der Waals surface area contributed by atoms with Crippen LogP contribution in [0.15, 0.2) is 10.5 Å². The summed E-state index contributed by atoms with van der Waals surface area (Å²) >= 11 is 0. The molecule has 0 fully saturated rings. The normalized spacial score (nSPS) is 11.7. The summed E-state index contributed by atoms with van der Waals surface area (Å²) in [6.07, 6.45) is 1.24. The van der Waals surface area contributed by atoms with Gasteiger partial charge in [-0.2, -0.15) is 0 Å². The lowest BCUT2D eigenvalue weighted by molar-refractivity contribution is 0.273. The molecule has 18 heavy (non-hydrogen) atoms. The monoisotopic (exact) mass is 252 g/mol. The minimum atomic E-state index is 0.759. The van der Waals surface area contributed by atoms with Crippen molar-refractivity contribution in [2.24, 2.45) is 5.92 Å². The van der Waals surface area contributed by atoms with Gasteiger partial charge in [0.05, 0.1) is 13.1 Å². The summed E-state index contributed by atoms with van der Waals surface area (Å²) in [5.41, 5.74) is 1.25. The molecule has 0 saturated heterocycles. The SMILES string of the molecule is CCNCc1oc(CN(C)CCC(C)C)cc1C. The molecule has 0 atom stereocenters. The third-order valence-electron chi connectivity index (χ3n) is 3.12. The highest BCUT2D eigenvalue weighted by Crippen LogP contribution is 2.16. The quantitative estimate of drug-likeness (QED) is 0.770. The van der Waals surface area contributed by atoms with Gasteiger partial charge in [0.25, 0.3) is 0 Å². The highest BCUT2D eigenvalue weighted by molar-refractivity contribution is 5.19. The van der Waals surface area contributed by atoms with Crippen molar-refractivity contribution >= 4 is 0 Å². The van der Waals surface area contributed by atoms with Crippen LogP contribution in [0, 0.1) is 12.8 Å². The van der Waals surface area contributed by atoms with Gasteiger partial charge in [-0.05, 0) is 51.0 Å². The summed E-state index contributed by atoms with van der Waals surface area (Å²) in [7, 11) is 2.16. The lowest BCUT2D eigenvalue weighted by Gasteiger charge is -2.16. The molecule has 0 aromatic carbocycles. The number of hydrogen-bond acceptors (Lipinski definition) is 3. The molecule has 3 heteroatoms. The smallest absolute Gasteiger partial charge is 0.120 e. The molecular formula is C15H28N2O. The average Bonchev–Trinajstić information content (AvgIpc) is 2.64. The summed E-state index contributed by atoms with van der Waals surface area (Å²) in [5, 5.41) is 3.30. The van der Waals surface area contributed by atoms with Crippen molar-refractivity contribution in [3.63, 3.8) is 0 Å². The first-order chi connectivity index (χ1) is 8.52. The maximum absolute atomic E-state index is 5.89. The summed E-state index contributed by atoms with van der Waals surface area (Å²) in [6, 6.07) is 2.17. The predicted octanol–water partition coefficient (Wildman–Crippen LogP) is 3.18. The van der Waals surface area contributed by atoms with E-state index in [9.17, 15) is 0 Å². The van der Waals surface area contributed by atoms with Crippen molar-refractivity contribution in [1.82, 2.24) is 10.2 Å². The van der Waals surface area contributed by atoms with Crippen molar-refractivity contribution in [2.75, 3.05) is 20.1 Å². The van der Waals surface area contributed by atoms with E-state index in [1.165, 1.54) is 12.0 Å². The Bertz CT molecular complexity index is 344. The molecule has 0 aliphatic heterocycles. The molecule has 0 aliphatic carbocycles. The summed E-state index contributed by atoms with van der Waals surface area (Å²) in [4.78, 5) is 2.33. The standard InChI is InChI=1S/C15H28N2O/c1-6-16-10-15-13(4)9-14(18-15)11-17(5)8-7-12(2)3/h9,12,16H,6-8,10-11H2,1-5H3. The van der Waals surface area contributed by atoms with E-state index in [2.05, 4.69) is 51.0 Å². The predicted molar refractivity (Wildman–Crippen MR) is 76.6 cm³/mol. The van der Waals surface area contributed by atoms with Crippen LogP contribution in [0.5, 0.6) is 0 Å². The molecule has 1 heterocycles. The Balaban J connectivity index is 2.46. The van der Waals surface area contributed by atoms with Crippen molar-refractivity contribution in [3.05, 3.63) is 23.2 Å². The fourth-order valence-corrected chi connectivity index (χ4v) is 1.91. The average molecular weight is 252 g/mol. The van der Waals surface area contributed by atoms with Gasteiger partial charge in [-0.1, -0.05) is 20.8 Å². The molecular weight excluding hydrogens is 224 g/mol. The van der Waals surface area contributed by atoms with Crippen molar-refractivity contribution in [2.45, 2.75) is 47.2 Å². The van der Waals surface area contributed by atoms with Crippen molar-refractivity contribution in [1.29, 1.82) is 0 Å². The van der Waals surface area contributed by atoms with Gasteiger partial charge in [-0.25, -0.2) is 0 Å². The number of aryl methyl sites for hydroxylation is 1. The van der Waals surface area contributed by atoms with Gasteiger partial charge < -0.3 is 9.73 Å². The van der Waals surface area contributed by atoms with Crippen LogP contribution in [0.25, 0.3) is 0 Å². The molecule has 1 N–H and O–H groups in total. The molecule has 0 unspecified atom stereocenters. The fourth-order valence-electron chi connectivity index (χ4n) is 1.91. The minimum absolute atomic E-state index is 0.759. The van der Waals surface area contributed by atoms with E-state index in [1.807, 2.05) is 0 Å². The second-order valence-corrected chi connectivity index (χ2v) is 5.52. The Morgan fingerprint density at radius 2 is 2.11 bits per heavy atom. The third-order valence-corrected chi connectivity index (χ3v) is 3.12. The molecule has 0 aliphatic rings. The molecule has 1 aromatic rings. The van der Waals surface area contributed by atoms with E-state index >= 15 is 0 Å². The van der Waals surface area contributed by atoms with Gasteiger partial charge in [-0.3, -0.25) is 4.90 Å². The number of rotatable bonds is 8. The van der Waals surface area contributed by atoms with E-state index in [0.717, 1.165) is 43.6 Å². The molecule has 0 bridgehead atoms. The molecule has 1 aromatic heterocycles. The number of furan rings is 1. The highest BCUT2D eigenvalue weighted by Gasteiger charge is 2.09. The van der Waals surface area contributed by atoms with Crippen molar-refractivity contribution in [3.8, 4) is 0 Å². The van der Waals surface area contributed by atoms with Crippen LogP contribution < -0.4 is 5.32 Å². The zero-order valence-corrected chi connectivity index (χ0v) is 12.5. The largest absolute Gasteiger partial charge is 0.463 e. The molecule has 104 valence electrons. The Kier molecular flexibility index (Phi) is 6.44. The van der Waals surface area contributed by atoms with Crippen LogP contribution in [0.3, 0.4) is 0 Å². The van der Waals surface area contributed by atoms with Crippen LogP contribution in [-0.2, 0) is 13.1 Å². The number of nitrogens with one attached hydrogen (secondary N) is 1. The van der Waals surface area contributed by atoms with Crippen LogP contribution in [0.4, 0.5) is 0 Å². The van der Waals surface area contributed by atoms with E-state index < -0.39 is 0 Å². The zero-order valence-electron chi connectivity index (χ0n) is 12.5. The Labute approximate surface area is 112 Å². The van der Waals surface area contributed by atoms with E-state index in [1.54, 1.807) is 0 Å². The lowest BCUT2D eigenvalue weighted by Crippen LogP contribution is -2.20. The van der Waals surface area contributed by atoms with Gasteiger partial charge in [0.15, 0.2) is 0 Å². The molecule has 0 radical (unpaired) electrons. The van der Waals surface area contributed by atoms with Crippen molar-refractivity contribution < 1.29 is 4.42 Å². The van der Waals surface area contributed by atoms with E-state index in [-0.39, 0.29) is 0 Å². The second kappa shape index (κ2) is 7.59. The third kappa shape index (κ3) is 5.23. The van der Waals surface area contributed by atoms with Gasteiger partial charge in [0.1, 0.15) is 11.5 Å². The lowest BCUT2D eigenvalue weighted by atomic mass is 10.1. The van der Waals surface area contributed by atoms with Gasteiger partial charge in [0, 0.05) is 0 Å². The van der Waals surface area contributed by atoms with Crippen LogP contribution in [0.1, 0.15) is 44.3 Å². The zero-order chi connectivity index (χ0) is 13.5. The molecule has 0 amide bonds. The Hall–Kier alpha value is -0.800. The van der Waals surface area contributed by atoms with Gasteiger partial charge >= 0.3 is 0 Å². The van der Waals surface area contributed by atoms with E-state index in [0.29, 0.717) is 0 Å². The molecule has 3 nitrogen and oxygen atoms in total. The van der Waals surface area contributed by atoms with E-state index in [4.69, 9.17) is 4.42 Å². The fraction of sp³-hybridized carbons (Fsp3) is 0.733. The van der Waals surface area contributed by atoms with Crippen LogP contribution in [-0.4, -0.2) is 25.0 Å². The number of nitrogens with zero attached hydrogens (tertiary/aromatic N) is 1. The van der Waals surface area contributed by atoms with Gasteiger partial charge in [0.2, 0.25) is 0 Å². The Morgan fingerprint density at radius 3 is 2.72 bits per heavy atom. The first-order valence-corrected chi connectivity index (χ1v) is 7.00. The first-order valence-electron chi connectivity index (χ1n) is 7.00. The topological polar surface area (TPSA) is 28.4 Å². The molecule has 0 spiro atoms. The number of hydrogen-bond donors (Lipinski definition) is 1. The summed E-state index contributed by atoms with van der Waals surface area (Å²) in [6.45, 7) is 12.6. The van der Waals surface area contributed by atoms with Crippen LogP contribution >= 0.6 is 0 Å². The second-order valence-electron chi connectivity index (χ2n) is 5.52. The maximum atomic E-state index is 5.89. The van der Waals surface area contributed by atoms with Gasteiger partial charge in [-0.15, -0.1) is 0 Å².